The summed E-state index contributed by atoms with van der Waals surface area (Å²) in [6.07, 6.45) is 0.116. The van der Waals surface area contributed by atoms with Crippen LogP contribution in [0.2, 0.25) is 0 Å². The molecular weight excluding hydrogens is 1300 g/mol. The maximum absolute atomic E-state index is 14.9. The van der Waals surface area contributed by atoms with E-state index in [0.717, 1.165) is 16.5 Å². The van der Waals surface area contributed by atoms with E-state index in [4.69, 9.17) is 34.4 Å². The van der Waals surface area contributed by atoms with Crippen LogP contribution in [-0.2, 0) is 73.5 Å². The molecule has 2 aromatic rings. The topological polar surface area (TPSA) is 580 Å². The van der Waals surface area contributed by atoms with E-state index in [1.165, 1.54) is 6.92 Å². The summed E-state index contributed by atoms with van der Waals surface area (Å²) in [4.78, 5) is 205. The van der Waals surface area contributed by atoms with Crippen LogP contribution >= 0.6 is 0 Å². The zero-order valence-corrected chi connectivity index (χ0v) is 59.0. The van der Waals surface area contributed by atoms with Gasteiger partial charge >= 0.3 is 0 Å². The number of aliphatic imine (C=N–C) groups is 2. The van der Waals surface area contributed by atoms with Crippen LogP contribution in [0.3, 0.4) is 0 Å². The van der Waals surface area contributed by atoms with Gasteiger partial charge in [0, 0.05) is 69.5 Å². The third kappa shape index (κ3) is 30.7. The molecule has 2 heterocycles. The third-order valence-electron chi connectivity index (χ3n) is 16.0. The molecule has 0 saturated carbocycles. The molecule has 1 fully saturated rings. The Morgan fingerprint density at radius 1 is 0.630 bits per heavy atom. The van der Waals surface area contributed by atoms with Gasteiger partial charge in [-0.15, -0.1) is 0 Å². The van der Waals surface area contributed by atoms with Crippen molar-refractivity contribution in [1.82, 2.24) is 68.8 Å². The second kappa shape index (κ2) is 41.3. The summed E-state index contributed by atoms with van der Waals surface area (Å²) in [6, 6.07) is -7.05. The molecule has 0 bridgehead atoms. The fraction of sp³-hybridized carbons (Fsp3) is 0.631. The lowest BCUT2D eigenvalue weighted by Gasteiger charge is -2.31. The first-order valence-corrected chi connectivity index (χ1v) is 33.6. The number of hydrogen-bond donors (Lipinski definition) is 19. The molecule has 35 nitrogen and oxygen atoms in total. The zero-order chi connectivity index (χ0) is 75.1. The summed E-state index contributed by atoms with van der Waals surface area (Å²) in [6.45, 7) is 15.9. The molecule has 1 saturated heterocycles. The van der Waals surface area contributed by atoms with E-state index in [1.807, 2.05) is 24.3 Å². The standard InChI is InChI=1S/C65H107N21O14/c1-11-35(6)52-62(100)83-44(27-34(4)5)59(97)85-48(61(99)80-42(19-15-24-74-64(70)71)57(95)84-47(30-65(8,9)10)60(98)81-43(26-33(2)3)58(96)79-40(53(67)91)20-21-49(66)88)32-76-55(93)46(29-51(90)86-52)82-56(94)41(18-14-23-73-63(68)69)78-50(89)22-25-72-54(92)45(77-36(7)87)28-37-31-75-39-17-13-12-16-38(37)39/h12-13,16-17,31,33-35,40-48,52,75H,11,14-15,18-30,32H2,1-10H3,(H2,66,88)(H2,67,91)(H,72,92)(H,76,93)(H,77,87)(H,78,89)(H,79,96)(H,80,99)(H,81,98)(H,82,94)(H,83,100)(H,84,95)(H,85,97)(H,86,90)(H4,68,69,73)(H4,70,71,74)/t35-,40-,41-,42-,43-,44-,45-,46-,47?,48?,52-/m0/s1. The van der Waals surface area contributed by atoms with E-state index in [1.54, 1.807) is 68.5 Å². The van der Waals surface area contributed by atoms with Crippen LogP contribution in [0.4, 0.5) is 0 Å². The van der Waals surface area contributed by atoms with Crippen molar-refractivity contribution in [2.75, 3.05) is 26.2 Å². The van der Waals surface area contributed by atoms with Crippen LogP contribution in [0.5, 0.6) is 0 Å². The largest absolute Gasteiger partial charge is 0.370 e. The van der Waals surface area contributed by atoms with Crippen molar-refractivity contribution in [2.24, 2.45) is 67.6 Å². The minimum Gasteiger partial charge on any atom is -0.370 e. The second-order valence-electron chi connectivity index (χ2n) is 27.1. The molecule has 0 aliphatic carbocycles. The van der Waals surface area contributed by atoms with Gasteiger partial charge in [0.2, 0.25) is 82.7 Å². The van der Waals surface area contributed by atoms with Crippen LogP contribution < -0.4 is 98.2 Å². The molecule has 1 aliphatic heterocycles. The Morgan fingerprint density at radius 3 is 1.79 bits per heavy atom. The Kier molecular flexibility index (Phi) is 34.8. The molecule has 2 unspecified atom stereocenters. The van der Waals surface area contributed by atoms with Crippen LogP contribution in [0.1, 0.15) is 152 Å². The minimum absolute atomic E-state index is 0.00513. The molecule has 0 radical (unpaired) electrons. The number of carbonyl (C=O) groups excluding carboxylic acids is 14. The first-order chi connectivity index (χ1) is 46.9. The van der Waals surface area contributed by atoms with E-state index in [-0.39, 0.29) is 108 Å². The normalized spacial score (nSPS) is 18.2. The summed E-state index contributed by atoms with van der Waals surface area (Å²) in [5.41, 5.74) is 34.0. The highest BCUT2D eigenvalue weighted by molar-refractivity contribution is 6.00. The van der Waals surface area contributed by atoms with Gasteiger partial charge in [-0.1, -0.05) is 86.9 Å². The highest BCUT2D eigenvalue weighted by Crippen LogP contribution is 2.23. The Balaban J connectivity index is 2.08. The number of primary amides is 2. The molecule has 1 aliphatic rings. The number of nitrogens with zero attached hydrogens (tertiary/aromatic N) is 2. The van der Waals surface area contributed by atoms with Gasteiger partial charge in [-0.05, 0) is 86.2 Å². The predicted molar refractivity (Wildman–Crippen MR) is 372 cm³/mol. The number of guanidine groups is 2. The summed E-state index contributed by atoms with van der Waals surface area (Å²) in [5, 5.41) is 32.2. The molecule has 100 heavy (non-hydrogen) atoms. The molecule has 556 valence electrons. The number of amides is 14. The molecule has 14 amide bonds. The van der Waals surface area contributed by atoms with E-state index in [0.29, 0.717) is 6.42 Å². The summed E-state index contributed by atoms with van der Waals surface area (Å²) in [5.74, 6) is -13.6. The lowest BCUT2D eigenvalue weighted by molar-refractivity contribution is -0.137. The van der Waals surface area contributed by atoms with E-state index < -0.39 is 174 Å². The molecule has 1 aromatic carbocycles. The van der Waals surface area contributed by atoms with E-state index >= 15 is 0 Å². The average Bonchev–Trinajstić information content (AvgIpc) is 1.55. The van der Waals surface area contributed by atoms with Gasteiger partial charge in [-0.2, -0.15) is 0 Å². The third-order valence-corrected chi connectivity index (χ3v) is 16.0. The van der Waals surface area contributed by atoms with Crippen LogP contribution in [-0.4, -0.2) is 186 Å². The van der Waals surface area contributed by atoms with Crippen molar-refractivity contribution >= 4 is 106 Å². The zero-order valence-electron chi connectivity index (χ0n) is 59.0. The monoisotopic (exact) mass is 1410 g/mol. The van der Waals surface area contributed by atoms with Crippen molar-refractivity contribution < 1.29 is 67.1 Å². The predicted octanol–water partition coefficient (Wildman–Crippen LogP) is -3.96. The lowest BCUT2D eigenvalue weighted by Crippen LogP contribution is -2.63. The highest BCUT2D eigenvalue weighted by atomic mass is 16.2. The molecule has 1 aromatic heterocycles. The Bertz CT molecular complexity index is 3250. The number of aromatic nitrogens is 1. The Labute approximate surface area is 582 Å². The van der Waals surface area contributed by atoms with Crippen LogP contribution in [0.15, 0.2) is 40.4 Å². The fourth-order valence-electron chi connectivity index (χ4n) is 10.8. The summed E-state index contributed by atoms with van der Waals surface area (Å²) in [7, 11) is 0. The van der Waals surface area contributed by atoms with Gasteiger partial charge in [-0.3, -0.25) is 77.1 Å². The molecule has 3 rings (SSSR count). The number of rotatable bonds is 37. The van der Waals surface area contributed by atoms with Gasteiger partial charge in [-0.25, -0.2) is 0 Å². The summed E-state index contributed by atoms with van der Waals surface area (Å²) < 4.78 is 0. The summed E-state index contributed by atoms with van der Waals surface area (Å²) >= 11 is 0. The number of nitrogens with two attached hydrogens (primary N) is 6. The van der Waals surface area contributed by atoms with Gasteiger partial charge in [0.25, 0.3) is 0 Å². The number of H-pyrrole nitrogens is 1. The Morgan fingerprint density at radius 2 is 1.22 bits per heavy atom. The lowest BCUT2D eigenvalue weighted by atomic mass is 9.87. The number of benzene rings is 1. The number of hydrogen-bond acceptors (Lipinski definition) is 16. The van der Waals surface area contributed by atoms with Crippen molar-refractivity contribution in [3.05, 3.63) is 36.0 Å². The number of nitrogens with one attached hydrogen (secondary N) is 13. The van der Waals surface area contributed by atoms with E-state index in [9.17, 15) is 67.1 Å². The Hall–Kier alpha value is -10.1. The maximum atomic E-state index is 14.9. The first kappa shape index (κ1) is 84.1. The van der Waals surface area contributed by atoms with Crippen molar-refractivity contribution in [3.63, 3.8) is 0 Å². The van der Waals surface area contributed by atoms with Crippen molar-refractivity contribution in [1.29, 1.82) is 0 Å². The fourth-order valence-corrected chi connectivity index (χ4v) is 10.8. The van der Waals surface area contributed by atoms with Crippen molar-refractivity contribution in [3.8, 4) is 0 Å². The van der Waals surface area contributed by atoms with Gasteiger partial charge in [0.1, 0.15) is 60.4 Å². The number of aromatic amines is 1. The average molecular weight is 1410 g/mol. The van der Waals surface area contributed by atoms with E-state index in [2.05, 4.69) is 78.8 Å². The van der Waals surface area contributed by atoms with Gasteiger partial charge in [0.15, 0.2) is 11.9 Å². The molecule has 35 heteroatoms. The number of fused-ring (bicyclic) bond motifs is 1. The minimum atomic E-state index is -1.83. The first-order valence-electron chi connectivity index (χ1n) is 33.6. The smallest absolute Gasteiger partial charge is 0.245 e. The van der Waals surface area contributed by atoms with Gasteiger partial charge in [0.05, 0.1) is 6.42 Å². The second-order valence-corrected chi connectivity index (χ2v) is 27.1. The SMILES string of the molecule is CC[C@H](C)[C@@H]1NC(=O)C[C@H](NC(=O)[C@H](CCCN=C(N)N)NC(=O)CCNC(=O)[C@H](Cc2c[nH]c3ccccc23)NC(C)=O)C(=O)NCC(C(=O)N[C@@H](CCCN=C(N)N)C(=O)NC(CC(C)(C)C)C(=O)N[C@@H](CC(C)C)C(=O)N[C@@H](CCC(N)=O)C(N)=O)NC(=O)[C@H](CC(C)C)NC1=O. The maximum Gasteiger partial charge on any atom is 0.245 e. The highest BCUT2D eigenvalue weighted by Gasteiger charge is 2.39. The molecule has 0 spiro atoms. The quantitative estimate of drug-likeness (QED) is 0.0174. The van der Waals surface area contributed by atoms with Crippen LogP contribution in [0.25, 0.3) is 10.9 Å². The number of carbonyl (C=O) groups is 14. The van der Waals surface area contributed by atoms with Crippen molar-refractivity contribution in [2.45, 2.75) is 213 Å². The van der Waals surface area contributed by atoms with Crippen LogP contribution in [0, 0.1) is 23.2 Å². The molecular formula is C65H107N21O14. The number of para-hydroxylation sites is 1. The molecule has 25 N–H and O–H groups in total. The van der Waals surface area contributed by atoms with Gasteiger partial charge < -0.3 is 103 Å². The molecule has 11 atom stereocenters.